The molecule has 1 unspecified atom stereocenters. The summed E-state index contributed by atoms with van der Waals surface area (Å²) in [5, 5.41) is 18.0. The number of hydroxylamine groups is 1. The molecule has 0 radical (unpaired) electrons. The summed E-state index contributed by atoms with van der Waals surface area (Å²) in [6.07, 6.45) is -0.792. The van der Waals surface area contributed by atoms with Gasteiger partial charge in [-0.15, -0.1) is 0 Å². The topological polar surface area (TPSA) is 61.7 Å². The van der Waals surface area contributed by atoms with E-state index in [-0.39, 0.29) is 6.61 Å². The zero-order valence-corrected chi connectivity index (χ0v) is 8.10. The van der Waals surface area contributed by atoms with Crippen LogP contribution in [-0.2, 0) is 11.4 Å². The molecule has 0 amide bonds. The summed E-state index contributed by atoms with van der Waals surface area (Å²) in [6.45, 7) is 0.363. The molecule has 0 aromatic heterocycles. The minimum Gasteiger partial charge on any atom is -0.393 e. The molecule has 1 atom stereocenters. The molecule has 4 nitrogen and oxygen atoms in total. The van der Waals surface area contributed by atoms with E-state index in [0.717, 1.165) is 5.56 Å². The standard InChI is InChI=1S/C10H15NO3/c1-14-11-6-8-2-4-9(5-3-8)10(13)7-12/h2-5,10-13H,6-7H2,1H3. The molecular formula is C10H15NO3. The van der Waals surface area contributed by atoms with E-state index in [0.29, 0.717) is 12.1 Å². The Morgan fingerprint density at radius 2 is 2.00 bits per heavy atom. The van der Waals surface area contributed by atoms with Crippen LogP contribution in [0.4, 0.5) is 0 Å². The molecule has 0 aliphatic carbocycles. The molecule has 1 aromatic carbocycles. The van der Waals surface area contributed by atoms with Gasteiger partial charge in [0.15, 0.2) is 0 Å². The number of aliphatic hydroxyl groups excluding tert-OH is 2. The summed E-state index contributed by atoms with van der Waals surface area (Å²) in [5.41, 5.74) is 4.49. The second-order valence-electron chi connectivity index (χ2n) is 2.97. The average molecular weight is 197 g/mol. The van der Waals surface area contributed by atoms with E-state index in [1.165, 1.54) is 0 Å². The van der Waals surface area contributed by atoms with Gasteiger partial charge in [-0.05, 0) is 11.1 Å². The molecule has 14 heavy (non-hydrogen) atoms. The first-order valence-corrected chi connectivity index (χ1v) is 4.41. The molecule has 0 aliphatic rings. The number of benzene rings is 1. The van der Waals surface area contributed by atoms with Gasteiger partial charge in [-0.2, -0.15) is 5.48 Å². The highest BCUT2D eigenvalue weighted by Gasteiger charge is 2.04. The highest BCUT2D eigenvalue weighted by atomic mass is 16.6. The van der Waals surface area contributed by atoms with Crippen LogP contribution in [0, 0.1) is 0 Å². The third-order valence-electron chi connectivity index (χ3n) is 1.96. The zero-order chi connectivity index (χ0) is 10.4. The number of rotatable bonds is 5. The van der Waals surface area contributed by atoms with Crippen molar-refractivity contribution in [1.82, 2.24) is 5.48 Å². The Kier molecular flexibility index (Phi) is 4.55. The number of aliphatic hydroxyl groups is 2. The predicted molar refractivity (Wildman–Crippen MR) is 52.3 cm³/mol. The number of hydrogen-bond donors (Lipinski definition) is 3. The molecule has 0 fully saturated rings. The monoisotopic (exact) mass is 197 g/mol. The maximum atomic E-state index is 9.31. The SMILES string of the molecule is CONCc1ccc(C(O)CO)cc1. The summed E-state index contributed by atoms with van der Waals surface area (Å²) in [6, 6.07) is 7.32. The van der Waals surface area contributed by atoms with Crippen LogP contribution in [0.25, 0.3) is 0 Å². The largest absolute Gasteiger partial charge is 0.393 e. The highest BCUT2D eigenvalue weighted by Crippen LogP contribution is 2.12. The fourth-order valence-electron chi connectivity index (χ4n) is 1.12. The maximum absolute atomic E-state index is 9.31. The van der Waals surface area contributed by atoms with Crippen LogP contribution < -0.4 is 5.48 Å². The van der Waals surface area contributed by atoms with Crippen molar-refractivity contribution in [2.24, 2.45) is 0 Å². The van der Waals surface area contributed by atoms with Crippen LogP contribution in [0.1, 0.15) is 17.2 Å². The second-order valence-corrected chi connectivity index (χ2v) is 2.97. The van der Waals surface area contributed by atoms with E-state index in [1.807, 2.05) is 12.1 Å². The Labute approximate surface area is 83.1 Å². The van der Waals surface area contributed by atoms with E-state index in [9.17, 15) is 5.11 Å². The first kappa shape index (κ1) is 11.1. The fourth-order valence-corrected chi connectivity index (χ4v) is 1.12. The van der Waals surface area contributed by atoms with Crippen LogP contribution in [0.15, 0.2) is 24.3 Å². The molecular weight excluding hydrogens is 182 g/mol. The van der Waals surface area contributed by atoms with Crippen molar-refractivity contribution < 1.29 is 15.1 Å². The van der Waals surface area contributed by atoms with E-state index in [4.69, 9.17) is 9.94 Å². The van der Waals surface area contributed by atoms with Crippen LogP contribution in [-0.4, -0.2) is 23.9 Å². The zero-order valence-electron chi connectivity index (χ0n) is 8.10. The van der Waals surface area contributed by atoms with Crippen molar-refractivity contribution in [3.8, 4) is 0 Å². The number of nitrogens with one attached hydrogen (secondary N) is 1. The normalized spacial score (nSPS) is 12.8. The second kappa shape index (κ2) is 5.72. The lowest BCUT2D eigenvalue weighted by Gasteiger charge is -2.08. The molecule has 3 N–H and O–H groups in total. The van der Waals surface area contributed by atoms with E-state index in [2.05, 4.69) is 5.48 Å². The summed E-state index contributed by atoms with van der Waals surface area (Å²) in [4.78, 5) is 4.71. The molecule has 0 spiro atoms. The average Bonchev–Trinajstić information content (AvgIpc) is 2.26. The fraction of sp³-hybridized carbons (Fsp3) is 0.400. The number of hydrogen-bond acceptors (Lipinski definition) is 4. The Morgan fingerprint density at radius 1 is 1.36 bits per heavy atom. The van der Waals surface area contributed by atoms with Gasteiger partial charge in [0.2, 0.25) is 0 Å². The molecule has 0 aliphatic heterocycles. The van der Waals surface area contributed by atoms with Gasteiger partial charge in [-0.1, -0.05) is 24.3 Å². The minimum absolute atomic E-state index is 0.254. The van der Waals surface area contributed by atoms with Crippen LogP contribution in [0.5, 0.6) is 0 Å². The first-order valence-electron chi connectivity index (χ1n) is 4.41. The van der Waals surface area contributed by atoms with Gasteiger partial charge in [-0.3, -0.25) is 0 Å². The van der Waals surface area contributed by atoms with Crippen molar-refractivity contribution >= 4 is 0 Å². The van der Waals surface area contributed by atoms with Crippen LogP contribution in [0.2, 0.25) is 0 Å². The van der Waals surface area contributed by atoms with Crippen LogP contribution in [0.3, 0.4) is 0 Å². The van der Waals surface area contributed by atoms with Gasteiger partial charge in [0.1, 0.15) is 6.10 Å². The van der Waals surface area contributed by atoms with Crippen LogP contribution >= 0.6 is 0 Å². The third-order valence-corrected chi connectivity index (χ3v) is 1.96. The first-order chi connectivity index (χ1) is 6.77. The Morgan fingerprint density at radius 3 is 2.50 bits per heavy atom. The molecule has 0 heterocycles. The predicted octanol–water partition coefficient (Wildman–Crippen LogP) is 0.363. The van der Waals surface area contributed by atoms with Crippen molar-refractivity contribution in [2.45, 2.75) is 12.6 Å². The summed E-state index contributed by atoms with van der Waals surface area (Å²) >= 11 is 0. The molecule has 0 saturated heterocycles. The van der Waals surface area contributed by atoms with Gasteiger partial charge in [0, 0.05) is 6.54 Å². The van der Waals surface area contributed by atoms with Gasteiger partial charge in [0.05, 0.1) is 13.7 Å². The molecule has 1 rings (SSSR count). The smallest absolute Gasteiger partial charge is 0.102 e. The van der Waals surface area contributed by atoms with E-state index in [1.54, 1.807) is 19.2 Å². The maximum Gasteiger partial charge on any atom is 0.102 e. The summed E-state index contributed by atoms with van der Waals surface area (Å²) in [7, 11) is 1.56. The molecule has 78 valence electrons. The summed E-state index contributed by atoms with van der Waals surface area (Å²) in [5.74, 6) is 0. The Balaban J connectivity index is 2.59. The molecule has 0 bridgehead atoms. The van der Waals surface area contributed by atoms with E-state index < -0.39 is 6.10 Å². The van der Waals surface area contributed by atoms with Crippen molar-refractivity contribution in [1.29, 1.82) is 0 Å². The quantitative estimate of drug-likeness (QED) is 0.596. The lowest BCUT2D eigenvalue weighted by molar-refractivity contribution is 0.0865. The van der Waals surface area contributed by atoms with Crippen molar-refractivity contribution in [3.05, 3.63) is 35.4 Å². The van der Waals surface area contributed by atoms with Gasteiger partial charge < -0.3 is 15.1 Å². The van der Waals surface area contributed by atoms with Crippen molar-refractivity contribution in [2.75, 3.05) is 13.7 Å². The Bertz CT molecular complexity index is 261. The lowest BCUT2D eigenvalue weighted by Crippen LogP contribution is -2.10. The lowest BCUT2D eigenvalue weighted by atomic mass is 10.1. The minimum atomic E-state index is -0.792. The molecule has 4 heteroatoms. The molecule has 0 saturated carbocycles. The van der Waals surface area contributed by atoms with Crippen molar-refractivity contribution in [3.63, 3.8) is 0 Å². The van der Waals surface area contributed by atoms with Gasteiger partial charge in [-0.25, -0.2) is 0 Å². The van der Waals surface area contributed by atoms with E-state index >= 15 is 0 Å². The highest BCUT2D eigenvalue weighted by molar-refractivity contribution is 5.23. The Hall–Kier alpha value is -0.940. The van der Waals surface area contributed by atoms with Gasteiger partial charge in [0.25, 0.3) is 0 Å². The third kappa shape index (κ3) is 3.08. The summed E-state index contributed by atoms with van der Waals surface area (Å²) < 4.78 is 0. The molecule has 1 aromatic rings. The van der Waals surface area contributed by atoms with Gasteiger partial charge >= 0.3 is 0 Å².